The average Bonchev–Trinajstić information content (AvgIpc) is 2.53. The molecule has 1 aliphatic rings. The van der Waals surface area contributed by atoms with Crippen LogP contribution in [0.5, 0.6) is 0 Å². The molecule has 2 unspecified atom stereocenters. The van der Waals surface area contributed by atoms with Crippen LogP contribution in [0.1, 0.15) is 18.4 Å². The van der Waals surface area contributed by atoms with E-state index in [0.29, 0.717) is 13.1 Å². The summed E-state index contributed by atoms with van der Waals surface area (Å²) in [6, 6.07) is 9.61. The Labute approximate surface area is 127 Å². The number of carbonyl (C=O) groups is 2. The van der Waals surface area contributed by atoms with Gasteiger partial charge < -0.3 is 14.4 Å². The van der Waals surface area contributed by atoms with Gasteiger partial charge in [0, 0.05) is 13.1 Å². The first-order valence-corrected chi connectivity index (χ1v) is 7.67. The quantitative estimate of drug-likeness (QED) is 0.625. The monoisotopic (exact) mass is 339 g/mol. The van der Waals surface area contributed by atoms with Gasteiger partial charge >= 0.3 is 6.09 Å². The second-order valence-electron chi connectivity index (χ2n) is 4.97. The van der Waals surface area contributed by atoms with Crippen LogP contribution in [-0.4, -0.2) is 35.2 Å². The minimum absolute atomic E-state index is 0.172. The minimum Gasteiger partial charge on any atom is -0.445 e. The molecule has 1 amide bonds. The van der Waals surface area contributed by atoms with E-state index in [0.717, 1.165) is 24.7 Å². The third-order valence-corrected chi connectivity index (χ3v) is 4.46. The fourth-order valence-electron chi connectivity index (χ4n) is 2.36. The van der Waals surface area contributed by atoms with E-state index in [1.54, 1.807) is 4.90 Å². The molecule has 108 valence electrons. The lowest BCUT2D eigenvalue weighted by atomic mass is 9.96. The van der Waals surface area contributed by atoms with Crippen LogP contribution >= 0.6 is 15.9 Å². The van der Waals surface area contributed by atoms with Gasteiger partial charge in [0.05, 0.1) is 4.83 Å². The first-order valence-electron chi connectivity index (χ1n) is 6.75. The van der Waals surface area contributed by atoms with Crippen molar-refractivity contribution in [1.82, 2.24) is 4.90 Å². The molecule has 0 saturated carbocycles. The van der Waals surface area contributed by atoms with Gasteiger partial charge in [-0.05, 0) is 24.3 Å². The number of hydrogen-bond acceptors (Lipinski definition) is 3. The Hall–Kier alpha value is -1.36. The highest BCUT2D eigenvalue weighted by molar-refractivity contribution is 9.10. The van der Waals surface area contributed by atoms with Crippen LogP contribution in [0.25, 0.3) is 0 Å². The number of alkyl halides is 1. The number of hydrogen-bond donors (Lipinski definition) is 0. The molecule has 5 heteroatoms. The van der Waals surface area contributed by atoms with E-state index in [2.05, 4.69) is 15.9 Å². The summed E-state index contributed by atoms with van der Waals surface area (Å²) in [5.74, 6) is 0.172. The van der Waals surface area contributed by atoms with Gasteiger partial charge in [-0.3, -0.25) is 0 Å². The first kappa shape index (κ1) is 15.0. The maximum absolute atomic E-state index is 12.0. The fraction of sp³-hybridized carbons (Fsp3) is 0.467. The molecular formula is C15H18BrNO3. The molecule has 1 saturated heterocycles. The lowest BCUT2D eigenvalue weighted by Gasteiger charge is -2.32. The molecule has 1 aliphatic heterocycles. The van der Waals surface area contributed by atoms with Gasteiger partial charge in [0.15, 0.2) is 0 Å². The van der Waals surface area contributed by atoms with Gasteiger partial charge in [-0.25, -0.2) is 4.79 Å². The highest BCUT2D eigenvalue weighted by Gasteiger charge is 2.28. The first-order chi connectivity index (χ1) is 9.70. The number of benzene rings is 1. The zero-order chi connectivity index (χ0) is 14.4. The van der Waals surface area contributed by atoms with E-state index in [1.807, 2.05) is 30.3 Å². The van der Waals surface area contributed by atoms with Crippen LogP contribution < -0.4 is 0 Å². The Kier molecular flexibility index (Phi) is 5.59. The summed E-state index contributed by atoms with van der Waals surface area (Å²) in [5, 5.41) is 0. The Balaban J connectivity index is 1.84. The predicted molar refractivity (Wildman–Crippen MR) is 79.7 cm³/mol. The number of carbonyl (C=O) groups excluding carboxylic acids is 2. The molecule has 0 bridgehead atoms. The highest BCUT2D eigenvalue weighted by atomic mass is 79.9. The molecule has 0 N–H and O–H groups in total. The molecule has 1 aromatic rings. The lowest BCUT2D eigenvalue weighted by molar-refractivity contribution is -0.108. The summed E-state index contributed by atoms with van der Waals surface area (Å²) in [6.45, 7) is 1.55. The van der Waals surface area contributed by atoms with E-state index in [1.165, 1.54) is 0 Å². The molecule has 0 spiro atoms. The molecule has 1 heterocycles. The summed E-state index contributed by atoms with van der Waals surface area (Å²) in [7, 11) is 0. The van der Waals surface area contributed by atoms with Crippen LogP contribution in [0.2, 0.25) is 0 Å². The zero-order valence-electron chi connectivity index (χ0n) is 11.2. The fourth-order valence-corrected chi connectivity index (χ4v) is 2.79. The summed E-state index contributed by atoms with van der Waals surface area (Å²) in [4.78, 5) is 24.3. The molecule has 2 rings (SSSR count). The van der Waals surface area contributed by atoms with Crippen molar-refractivity contribution in [3.05, 3.63) is 35.9 Å². The second kappa shape index (κ2) is 7.43. The smallest absolute Gasteiger partial charge is 0.410 e. The van der Waals surface area contributed by atoms with Crippen molar-refractivity contribution >= 4 is 28.3 Å². The van der Waals surface area contributed by atoms with Crippen molar-refractivity contribution in [2.75, 3.05) is 13.1 Å². The zero-order valence-corrected chi connectivity index (χ0v) is 12.8. The largest absolute Gasteiger partial charge is 0.445 e. The Morgan fingerprint density at radius 1 is 1.45 bits per heavy atom. The van der Waals surface area contributed by atoms with Gasteiger partial charge in [-0.1, -0.05) is 46.3 Å². The molecule has 0 aliphatic carbocycles. The number of aldehydes is 1. The average molecular weight is 340 g/mol. The predicted octanol–water partition coefficient (Wildman–Crippen LogP) is 3.00. The number of halogens is 1. The highest BCUT2D eigenvalue weighted by Crippen LogP contribution is 2.23. The number of ether oxygens (including phenoxy) is 1. The van der Waals surface area contributed by atoms with E-state index in [4.69, 9.17) is 4.74 Å². The van der Waals surface area contributed by atoms with Gasteiger partial charge in [-0.2, -0.15) is 0 Å². The number of rotatable bonds is 4. The second-order valence-corrected chi connectivity index (χ2v) is 6.03. The van der Waals surface area contributed by atoms with Crippen LogP contribution in [0.15, 0.2) is 30.3 Å². The van der Waals surface area contributed by atoms with Crippen LogP contribution in [0.4, 0.5) is 4.79 Å². The molecule has 2 atom stereocenters. The summed E-state index contributed by atoms with van der Waals surface area (Å²) < 4.78 is 5.31. The van der Waals surface area contributed by atoms with E-state index >= 15 is 0 Å². The molecule has 4 nitrogen and oxygen atoms in total. The normalized spacial score (nSPS) is 20.2. The van der Waals surface area contributed by atoms with Gasteiger partial charge in [0.2, 0.25) is 0 Å². The molecule has 1 aromatic carbocycles. The summed E-state index contributed by atoms with van der Waals surface area (Å²) in [6.07, 6.45) is 2.45. The maximum Gasteiger partial charge on any atom is 0.410 e. The number of likely N-dealkylation sites (tertiary alicyclic amines) is 1. The molecule has 20 heavy (non-hydrogen) atoms. The third-order valence-electron chi connectivity index (χ3n) is 3.50. The van der Waals surface area contributed by atoms with Crippen molar-refractivity contribution in [3.8, 4) is 0 Å². The maximum atomic E-state index is 12.0. The van der Waals surface area contributed by atoms with Gasteiger partial charge in [-0.15, -0.1) is 0 Å². The molecule has 0 radical (unpaired) electrons. The molecule has 1 fully saturated rings. The standard InChI is InChI=1S/C15H18BrNO3/c16-14(10-18)13-7-4-8-17(9-13)15(19)20-11-12-5-2-1-3-6-12/h1-3,5-6,10,13-14H,4,7-9,11H2. The number of piperidine rings is 1. The van der Waals surface area contributed by atoms with E-state index in [-0.39, 0.29) is 23.4 Å². The lowest BCUT2D eigenvalue weighted by Crippen LogP contribution is -2.42. The summed E-state index contributed by atoms with van der Waals surface area (Å²) in [5.41, 5.74) is 0.973. The Bertz CT molecular complexity index is 452. The third kappa shape index (κ3) is 4.07. The van der Waals surface area contributed by atoms with Crippen molar-refractivity contribution in [2.45, 2.75) is 24.3 Å². The van der Waals surface area contributed by atoms with Crippen molar-refractivity contribution < 1.29 is 14.3 Å². The van der Waals surface area contributed by atoms with Crippen LogP contribution in [0, 0.1) is 5.92 Å². The van der Waals surface area contributed by atoms with E-state index in [9.17, 15) is 9.59 Å². The van der Waals surface area contributed by atoms with Gasteiger partial charge in [0.1, 0.15) is 12.9 Å². The summed E-state index contributed by atoms with van der Waals surface area (Å²) >= 11 is 3.34. The molecular weight excluding hydrogens is 322 g/mol. The van der Waals surface area contributed by atoms with Crippen molar-refractivity contribution in [3.63, 3.8) is 0 Å². The van der Waals surface area contributed by atoms with Crippen LogP contribution in [-0.2, 0) is 16.1 Å². The number of nitrogens with zero attached hydrogens (tertiary/aromatic N) is 1. The van der Waals surface area contributed by atoms with Crippen molar-refractivity contribution in [2.24, 2.45) is 5.92 Å². The number of amides is 1. The Morgan fingerprint density at radius 3 is 2.90 bits per heavy atom. The Morgan fingerprint density at radius 2 is 2.20 bits per heavy atom. The minimum atomic E-state index is -0.302. The van der Waals surface area contributed by atoms with Crippen molar-refractivity contribution in [1.29, 1.82) is 0 Å². The topological polar surface area (TPSA) is 46.6 Å². The van der Waals surface area contributed by atoms with Crippen LogP contribution in [0.3, 0.4) is 0 Å². The SMILES string of the molecule is O=CC(Br)C1CCCN(C(=O)OCc2ccccc2)C1. The molecule has 0 aromatic heterocycles. The van der Waals surface area contributed by atoms with E-state index < -0.39 is 0 Å². The van der Waals surface area contributed by atoms with Gasteiger partial charge in [0.25, 0.3) is 0 Å².